The topological polar surface area (TPSA) is 57.6 Å². The normalized spacial score (nSPS) is 13.2. The zero-order valence-corrected chi connectivity index (χ0v) is 10.0. The molecule has 0 radical (unpaired) electrons. The second-order valence-corrected chi connectivity index (χ2v) is 4.17. The third kappa shape index (κ3) is 1.89. The maximum absolute atomic E-state index is 11.3. The molecule has 1 heterocycles. The first kappa shape index (κ1) is 11.6. The predicted octanol–water partition coefficient (Wildman–Crippen LogP) is 0.945. The minimum absolute atomic E-state index is 0.651. The lowest BCUT2D eigenvalue weighted by Crippen LogP contribution is -2.39. The first-order valence-electron chi connectivity index (χ1n) is 5.29. The van der Waals surface area contributed by atoms with Crippen molar-refractivity contribution in [2.75, 3.05) is 14.1 Å². The summed E-state index contributed by atoms with van der Waals surface area (Å²) in [6.07, 6.45) is 0. The van der Waals surface area contributed by atoms with Crippen LogP contribution in [-0.2, 0) is 11.8 Å². The van der Waals surface area contributed by atoms with Crippen LogP contribution in [0.25, 0.3) is 11.0 Å². The zero-order valence-electron chi connectivity index (χ0n) is 10.0. The molecule has 0 spiro atoms. The molecule has 2 aromatic rings. The van der Waals surface area contributed by atoms with Crippen molar-refractivity contribution in [1.29, 1.82) is 0 Å². The fourth-order valence-corrected chi connectivity index (χ4v) is 2.03. The molecule has 0 aliphatic carbocycles. The molecular weight excluding hydrogens is 220 g/mol. The van der Waals surface area contributed by atoms with Gasteiger partial charge in [0.2, 0.25) is 5.58 Å². The van der Waals surface area contributed by atoms with E-state index in [1.54, 1.807) is 26.0 Å². The van der Waals surface area contributed by atoms with Gasteiger partial charge in [-0.2, -0.15) is 0 Å². The molecule has 2 rings (SSSR count). The van der Waals surface area contributed by atoms with Gasteiger partial charge >= 0.3 is 5.97 Å². The highest BCUT2D eigenvalue weighted by molar-refractivity contribution is 5.84. The average Bonchev–Trinajstić information content (AvgIpc) is 2.55. The van der Waals surface area contributed by atoms with Crippen LogP contribution >= 0.6 is 0 Å². The van der Waals surface area contributed by atoms with E-state index in [2.05, 4.69) is 0 Å². The van der Waals surface area contributed by atoms with Crippen molar-refractivity contribution >= 4 is 16.9 Å². The quantitative estimate of drug-likeness (QED) is 0.804. The number of likely N-dealkylation sites (N-methyl/N-ethyl adjacent to an activating group) is 1. The lowest BCUT2D eigenvalue weighted by molar-refractivity contribution is -0.847. The largest absolute Gasteiger partial charge is 0.480 e. The monoisotopic (exact) mass is 235 g/mol. The summed E-state index contributed by atoms with van der Waals surface area (Å²) < 4.78 is 7.02. The van der Waals surface area contributed by atoms with Gasteiger partial charge in [0.25, 0.3) is 5.69 Å². The van der Waals surface area contributed by atoms with E-state index in [0.29, 0.717) is 11.3 Å². The number of carboxylic acid groups (broad SMARTS) is 1. The van der Waals surface area contributed by atoms with Gasteiger partial charge in [0.05, 0.1) is 5.39 Å². The lowest BCUT2D eigenvalue weighted by Gasteiger charge is -2.15. The number of carbonyl (C=O) groups is 1. The Kier molecular flexibility index (Phi) is 2.85. The minimum Gasteiger partial charge on any atom is -0.480 e. The maximum Gasteiger partial charge on any atom is 0.332 e. The third-order valence-electron chi connectivity index (χ3n) is 2.75. The number of aryl methyl sites for hydroxylation is 1. The number of rotatable bonds is 3. The molecule has 1 aromatic heterocycles. The first-order chi connectivity index (χ1) is 8.02. The number of nitrogens with zero attached hydrogens (tertiary/aromatic N) is 2. The molecule has 0 amide bonds. The van der Waals surface area contributed by atoms with Gasteiger partial charge in [-0.05, 0) is 31.0 Å². The predicted molar refractivity (Wildman–Crippen MR) is 61.5 cm³/mol. The van der Waals surface area contributed by atoms with Crippen molar-refractivity contribution in [2.45, 2.75) is 6.04 Å². The number of fused-ring (bicyclic) bond motifs is 1. The van der Waals surface area contributed by atoms with Crippen molar-refractivity contribution in [3.63, 3.8) is 0 Å². The molecule has 90 valence electrons. The van der Waals surface area contributed by atoms with Crippen LogP contribution in [0.5, 0.6) is 0 Å². The smallest absolute Gasteiger partial charge is 0.332 e. The Morgan fingerprint density at radius 2 is 2.06 bits per heavy atom. The Morgan fingerprint density at radius 1 is 1.41 bits per heavy atom. The van der Waals surface area contributed by atoms with Crippen LogP contribution in [0.2, 0.25) is 0 Å². The average molecular weight is 235 g/mol. The Morgan fingerprint density at radius 3 is 2.65 bits per heavy atom. The van der Waals surface area contributed by atoms with E-state index in [-0.39, 0.29) is 0 Å². The van der Waals surface area contributed by atoms with Crippen LogP contribution < -0.4 is 4.74 Å². The summed E-state index contributed by atoms with van der Waals surface area (Å²) in [4.78, 5) is 13.0. The SMILES string of the molecule is CN(C)C(C(=O)O)c1c2ccccc2o[n+]1C. The summed E-state index contributed by atoms with van der Waals surface area (Å²) in [7, 11) is 5.19. The molecule has 1 aromatic carbocycles. The van der Waals surface area contributed by atoms with Crippen LogP contribution in [0.15, 0.2) is 28.8 Å². The van der Waals surface area contributed by atoms with Gasteiger partial charge in [0, 0.05) is 0 Å². The van der Waals surface area contributed by atoms with Gasteiger partial charge in [-0.1, -0.05) is 12.1 Å². The van der Waals surface area contributed by atoms with Crippen molar-refractivity contribution in [2.24, 2.45) is 7.05 Å². The summed E-state index contributed by atoms with van der Waals surface area (Å²) >= 11 is 0. The van der Waals surface area contributed by atoms with Gasteiger partial charge in [-0.3, -0.25) is 4.90 Å². The molecule has 17 heavy (non-hydrogen) atoms. The van der Waals surface area contributed by atoms with Gasteiger partial charge < -0.3 is 5.11 Å². The molecule has 1 unspecified atom stereocenters. The van der Waals surface area contributed by atoms with Crippen LogP contribution in [0.1, 0.15) is 11.7 Å². The van der Waals surface area contributed by atoms with E-state index < -0.39 is 12.0 Å². The Labute approximate surface area is 98.8 Å². The van der Waals surface area contributed by atoms with Crippen LogP contribution in [-0.4, -0.2) is 30.1 Å². The van der Waals surface area contributed by atoms with Gasteiger partial charge in [0.1, 0.15) is 0 Å². The number of aliphatic carboxylic acids is 1. The van der Waals surface area contributed by atoms with E-state index in [1.165, 1.54) is 4.74 Å². The molecular formula is C12H15N2O3+. The molecule has 1 atom stereocenters. The molecule has 1 N–H and O–H groups in total. The molecule has 0 aliphatic heterocycles. The van der Waals surface area contributed by atoms with Gasteiger partial charge in [-0.15, -0.1) is 0 Å². The summed E-state index contributed by atoms with van der Waals surface area (Å²) in [6.45, 7) is 0. The number of hydrogen-bond donors (Lipinski definition) is 1. The maximum atomic E-state index is 11.3. The molecule has 0 aliphatic rings. The molecule has 0 bridgehead atoms. The molecule has 0 saturated heterocycles. The summed E-state index contributed by atoms with van der Waals surface area (Å²) in [6, 6.07) is 6.71. The van der Waals surface area contributed by atoms with Crippen molar-refractivity contribution < 1.29 is 19.2 Å². The lowest BCUT2D eigenvalue weighted by atomic mass is 10.1. The van der Waals surface area contributed by atoms with Crippen molar-refractivity contribution in [3.05, 3.63) is 30.0 Å². The highest BCUT2D eigenvalue weighted by Crippen LogP contribution is 2.24. The van der Waals surface area contributed by atoms with E-state index >= 15 is 0 Å². The third-order valence-corrected chi connectivity index (χ3v) is 2.75. The summed E-state index contributed by atoms with van der Waals surface area (Å²) in [5, 5.41) is 10.1. The van der Waals surface area contributed by atoms with Crippen LogP contribution in [0.4, 0.5) is 0 Å². The van der Waals surface area contributed by atoms with Gasteiger partial charge in [-0.25, -0.2) is 9.32 Å². The van der Waals surface area contributed by atoms with Crippen LogP contribution in [0, 0.1) is 0 Å². The Balaban J connectivity index is 2.68. The van der Waals surface area contributed by atoms with Crippen molar-refractivity contribution in [3.8, 4) is 0 Å². The number of carboxylic acids is 1. The number of hydrogen-bond acceptors (Lipinski definition) is 3. The second-order valence-electron chi connectivity index (χ2n) is 4.17. The molecule has 5 heteroatoms. The Bertz CT molecular complexity index is 560. The minimum atomic E-state index is -0.892. The van der Waals surface area contributed by atoms with Gasteiger partial charge in [0.15, 0.2) is 13.1 Å². The van der Waals surface area contributed by atoms with E-state index in [9.17, 15) is 9.90 Å². The fraction of sp³-hybridized carbons (Fsp3) is 0.333. The van der Waals surface area contributed by atoms with Crippen molar-refractivity contribution in [1.82, 2.24) is 4.90 Å². The van der Waals surface area contributed by atoms with E-state index in [1.807, 2.05) is 24.3 Å². The van der Waals surface area contributed by atoms with Crippen LogP contribution in [0.3, 0.4) is 0 Å². The fourth-order valence-electron chi connectivity index (χ4n) is 2.03. The number of aromatic nitrogens is 1. The van der Waals surface area contributed by atoms with E-state index in [0.717, 1.165) is 5.39 Å². The molecule has 0 saturated carbocycles. The summed E-state index contributed by atoms with van der Waals surface area (Å²) in [5.74, 6) is -0.892. The molecule has 5 nitrogen and oxygen atoms in total. The number of para-hydroxylation sites is 1. The van der Waals surface area contributed by atoms with E-state index in [4.69, 9.17) is 4.52 Å². The number of benzene rings is 1. The zero-order chi connectivity index (χ0) is 12.6. The first-order valence-corrected chi connectivity index (χ1v) is 5.29. The molecule has 0 fully saturated rings. The Hall–Kier alpha value is -1.88. The highest BCUT2D eigenvalue weighted by Gasteiger charge is 2.35. The second kappa shape index (κ2) is 4.18. The standard InChI is InChI=1S/C12H14N2O3/c1-13(2)11(12(15)16)10-8-6-4-5-7-9(8)17-14(10)3/h4-7,11H,1-3H3/p+1. The highest BCUT2D eigenvalue weighted by atomic mass is 16.5. The summed E-state index contributed by atoms with van der Waals surface area (Å²) in [5.41, 5.74) is 1.34.